The van der Waals surface area contributed by atoms with Crippen molar-refractivity contribution in [1.29, 1.82) is 0 Å². The zero-order chi connectivity index (χ0) is 13.5. The first kappa shape index (κ1) is 15.1. The van der Waals surface area contributed by atoms with E-state index in [2.05, 4.69) is 53.0 Å². The molecule has 1 N–H and O–H groups in total. The third-order valence-electron chi connectivity index (χ3n) is 3.57. The highest BCUT2D eigenvalue weighted by atomic mass is 127. The molecule has 19 heavy (non-hydrogen) atoms. The van der Waals surface area contributed by atoms with Gasteiger partial charge in [-0.3, -0.25) is 0 Å². The molecular formula is C16H24INO. The number of unbranched alkanes of at least 4 members (excludes halogenated alkanes) is 3. The van der Waals surface area contributed by atoms with E-state index in [4.69, 9.17) is 4.74 Å². The first-order valence-electron chi connectivity index (χ1n) is 7.32. The van der Waals surface area contributed by atoms with Crippen LogP contribution in [0.25, 0.3) is 0 Å². The largest absolute Gasteiger partial charge is 0.488 e. The average Bonchev–Trinajstić information content (AvgIpc) is 2.79. The Kier molecular flexibility index (Phi) is 6.44. The van der Waals surface area contributed by atoms with Crippen LogP contribution < -0.4 is 10.1 Å². The Balaban J connectivity index is 1.59. The lowest BCUT2D eigenvalue weighted by atomic mass is 10.1. The summed E-state index contributed by atoms with van der Waals surface area (Å²) in [6.45, 7) is 4.23. The molecule has 0 aliphatic carbocycles. The smallest absolute Gasteiger partial charge is 0.123 e. The fourth-order valence-corrected chi connectivity index (χ4v) is 3.06. The molecule has 2 rings (SSSR count). The predicted octanol–water partition coefficient (Wildman–Crippen LogP) is 3.88. The molecule has 0 aromatic heterocycles. The molecule has 1 aliphatic rings. The van der Waals surface area contributed by atoms with Crippen molar-refractivity contribution in [3.63, 3.8) is 0 Å². The fourth-order valence-electron chi connectivity index (χ4n) is 2.52. The first-order valence-corrected chi connectivity index (χ1v) is 8.85. The van der Waals surface area contributed by atoms with Gasteiger partial charge in [-0.1, -0.05) is 53.1 Å². The second-order valence-corrected chi connectivity index (χ2v) is 6.44. The van der Waals surface area contributed by atoms with Crippen LogP contribution in [0.4, 0.5) is 0 Å². The summed E-state index contributed by atoms with van der Waals surface area (Å²) in [6, 6.07) is 6.48. The van der Waals surface area contributed by atoms with Gasteiger partial charge in [0, 0.05) is 13.0 Å². The normalized spacial score (nSPS) is 17.3. The van der Waals surface area contributed by atoms with E-state index >= 15 is 0 Å². The highest BCUT2D eigenvalue weighted by Crippen LogP contribution is 2.29. The van der Waals surface area contributed by atoms with Gasteiger partial charge in [0.05, 0.1) is 0 Å². The Bertz CT molecular complexity index is 394. The van der Waals surface area contributed by atoms with Crippen molar-refractivity contribution in [3.8, 4) is 5.75 Å². The number of hydrogen-bond donors (Lipinski definition) is 1. The molecule has 1 aliphatic heterocycles. The highest BCUT2D eigenvalue weighted by molar-refractivity contribution is 14.1. The minimum atomic E-state index is 0.325. The van der Waals surface area contributed by atoms with Gasteiger partial charge < -0.3 is 10.1 Å². The number of ether oxygens (including phenoxy) is 1. The lowest BCUT2D eigenvalue weighted by Crippen LogP contribution is -2.30. The number of rotatable bonds is 8. The molecule has 1 aromatic carbocycles. The van der Waals surface area contributed by atoms with Crippen molar-refractivity contribution in [2.45, 2.75) is 45.1 Å². The first-order chi connectivity index (χ1) is 9.29. The minimum Gasteiger partial charge on any atom is -0.488 e. The number of nitrogens with one attached hydrogen (secondary N) is 1. The molecule has 106 valence electrons. The quantitative estimate of drug-likeness (QED) is 0.424. The zero-order valence-electron chi connectivity index (χ0n) is 11.8. The van der Waals surface area contributed by atoms with Crippen molar-refractivity contribution in [2.24, 2.45) is 0 Å². The molecule has 0 radical (unpaired) electrons. The number of benzene rings is 1. The van der Waals surface area contributed by atoms with E-state index in [9.17, 15) is 0 Å². The van der Waals surface area contributed by atoms with Crippen LogP contribution in [0.2, 0.25) is 0 Å². The van der Waals surface area contributed by atoms with E-state index in [1.807, 2.05) is 0 Å². The summed E-state index contributed by atoms with van der Waals surface area (Å²) in [5.41, 5.74) is 2.69. The topological polar surface area (TPSA) is 21.3 Å². The van der Waals surface area contributed by atoms with Gasteiger partial charge in [-0.25, -0.2) is 0 Å². The van der Waals surface area contributed by atoms with Crippen LogP contribution in [-0.4, -0.2) is 23.6 Å². The van der Waals surface area contributed by atoms with Crippen molar-refractivity contribution in [2.75, 3.05) is 17.5 Å². The molecule has 1 aromatic rings. The Morgan fingerprint density at radius 3 is 2.95 bits per heavy atom. The highest BCUT2D eigenvalue weighted by Gasteiger charge is 2.21. The van der Waals surface area contributed by atoms with Crippen LogP contribution in [0.5, 0.6) is 5.75 Å². The van der Waals surface area contributed by atoms with E-state index < -0.39 is 0 Å². The maximum absolute atomic E-state index is 5.94. The van der Waals surface area contributed by atoms with Crippen molar-refractivity contribution < 1.29 is 4.74 Å². The Labute approximate surface area is 130 Å². The van der Waals surface area contributed by atoms with E-state index in [1.165, 1.54) is 41.2 Å². The zero-order valence-corrected chi connectivity index (χ0v) is 13.9. The third kappa shape index (κ3) is 4.95. The van der Waals surface area contributed by atoms with E-state index in [1.54, 1.807) is 0 Å². The van der Waals surface area contributed by atoms with Gasteiger partial charge in [0.2, 0.25) is 0 Å². The molecule has 1 heterocycles. The van der Waals surface area contributed by atoms with Gasteiger partial charge in [0.1, 0.15) is 11.9 Å². The summed E-state index contributed by atoms with van der Waals surface area (Å²) in [6.07, 6.45) is 6.75. The van der Waals surface area contributed by atoms with Crippen LogP contribution in [0.15, 0.2) is 18.2 Å². The molecule has 2 nitrogen and oxygen atoms in total. The summed E-state index contributed by atoms with van der Waals surface area (Å²) < 4.78 is 7.23. The SMILES string of the molecule is Cc1ccc2c(c1)CC(CNCCCCCCI)O2. The monoisotopic (exact) mass is 373 g/mol. The molecule has 0 spiro atoms. The molecule has 0 bridgehead atoms. The van der Waals surface area contributed by atoms with Gasteiger partial charge in [-0.2, -0.15) is 0 Å². The molecule has 3 heteroatoms. The van der Waals surface area contributed by atoms with Gasteiger partial charge >= 0.3 is 0 Å². The van der Waals surface area contributed by atoms with Gasteiger partial charge in [0.25, 0.3) is 0 Å². The maximum Gasteiger partial charge on any atom is 0.123 e. The minimum absolute atomic E-state index is 0.325. The molecule has 0 amide bonds. The Morgan fingerprint density at radius 2 is 2.11 bits per heavy atom. The lowest BCUT2D eigenvalue weighted by Gasteiger charge is -2.11. The molecule has 0 saturated heterocycles. The second-order valence-electron chi connectivity index (χ2n) is 5.36. The van der Waals surface area contributed by atoms with Crippen molar-refractivity contribution >= 4 is 22.6 Å². The lowest BCUT2D eigenvalue weighted by molar-refractivity contribution is 0.227. The number of hydrogen-bond acceptors (Lipinski definition) is 2. The number of aryl methyl sites for hydroxylation is 1. The third-order valence-corrected chi connectivity index (χ3v) is 4.33. The number of halogens is 1. The standard InChI is InChI=1S/C16H24INO/c1-13-6-7-16-14(10-13)11-15(19-16)12-18-9-5-3-2-4-8-17/h6-7,10,15,18H,2-5,8-9,11-12H2,1H3. The molecule has 0 fully saturated rings. The Hall–Kier alpha value is -0.290. The molecular weight excluding hydrogens is 349 g/mol. The summed E-state index contributed by atoms with van der Waals surface area (Å²) in [4.78, 5) is 0. The van der Waals surface area contributed by atoms with E-state index in [0.29, 0.717) is 6.10 Å². The predicted molar refractivity (Wildman–Crippen MR) is 89.5 cm³/mol. The summed E-state index contributed by atoms with van der Waals surface area (Å²) >= 11 is 2.45. The molecule has 1 atom stereocenters. The van der Waals surface area contributed by atoms with Crippen LogP contribution in [-0.2, 0) is 6.42 Å². The summed E-state index contributed by atoms with van der Waals surface area (Å²) in [7, 11) is 0. The van der Waals surface area contributed by atoms with Gasteiger partial charge in [-0.15, -0.1) is 0 Å². The van der Waals surface area contributed by atoms with Crippen LogP contribution in [0.3, 0.4) is 0 Å². The Morgan fingerprint density at radius 1 is 1.26 bits per heavy atom. The summed E-state index contributed by atoms with van der Waals surface area (Å²) in [5.74, 6) is 1.08. The fraction of sp³-hybridized carbons (Fsp3) is 0.625. The second kappa shape index (κ2) is 8.10. The van der Waals surface area contributed by atoms with Crippen molar-refractivity contribution in [3.05, 3.63) is 29.3 Å². The molecule has 0 saturated carbocycles. The van der Waals surface area contributed by atoms with Crippen LogP contribution >= 0.6 is 22.6 Å². The van der Waals surface area contributed by atoms with Crippen LogP contribution in [0.1, 0.15) is 36.8 Å². The van der Waals surface area contributed by atoms with E-state index in [-0.39, 0.29) is 0 Å². The molecule has 1 unspecified atom stereocenters. The van der Waals surface area contributed by atoms with Crippen molar-refractivity contribution in [1.82, 2.24) is 5.32 Å². The van der Waals surface area contributed by atoms with Crippen LogP contribution in [0, 0.1) is 6.92 Å². The average molecular weight is 373 g/mol. The van der Waals surface area contributed by atoms with Gasteiger partial charge in [-0.05, 0) is 42.4 Å². The van der Waals surface area contributed by atoms with E-state index in [0.717, 1.165) is 25.3 Å². The summed E-state index contributed by atoms with van der Waals surface area (Å²) in [5, 5.41) is 3.53. The maximum atomic E-state index is 5.94. The number of alkyl halides is 1. The number of fused-ring (bicyclic) bond motifs is 1. The van der Waals surface area contributed by atoms with Gasteiger partial charge in [0.15, 0.2) is 0 Å².